The topological polar surface area (TPSA) is 78.7 Å². The van der Waals surface area contributed by atoms with E-state index in [1.807, 2.05) is 110 Å². The Labute approximate surface area is 238 Å². The molecule has 41 heavy (non-hydrogen) atoms. The summed E-state index contributed by atoms with van der Waals surface area (Å²) >= 11 is 0. The molecule has 7 nitrogen and oxygen atoms in total. The first-order valence-electron chi connectivity index (χ1n) is 13.6. The van der Waals surface area contributed by atoms with Gasteiger partial charge in [-0.1, -0.05) is 72.8 Å². The predicted molar refractivity (Wildman–Crippen MR) is 159 cm³/mol. The molecule has 0 unspecified atom stereocenters. The quantitative estimate of drug-likeness (QED) is 0.298. The lowest BCUT2D eigenvalue weighted by molar-refractivity contribution is 0.0544. The van der Waals surface area contributed by atoms with Crippen molar-refractivity contribution >= 4 is 23.2 Å². The second-order valence-corrected chi connectivity index (χ2v) is 10.2. The summed E-state index contributed by atoms with van der Waals surface area (Å²) < 4.78 is 1.65. The Kier molecular flexibility index (Phi) is 7.18. The number of aryl methyl sites for hydroxylation is 1. The van der Waals surface area contributed by atoms with Crippen molar-refractivity contribution in [3.05, 3.63) is 143 Å². The molecule has 1 atom stereocenters. The van der Waals surface area contributed by atoms with Gasteiger partial charge >= 0.3 is 0 Å². The van der Waals surface area contributed by atoms with E-state index in [0.717, 1.165) is 28.2 Å². The molecule has 1 aromatic heterocycles. The first-order valence-corrected chi connectivity index (χ1v) is 13.6. The highest BCUT2D eigenvalue weighted by atomic mass is 16.3. The molecule has 6 rings (SSSR count). The minimum Gasteiger partial charge on any atom is -0.394 e. The lowest BCUT2D eigenvalue weighted by Gasteiger charge is -2.36. The van der Waals surface area contributed by atoms with E-state index in [2.05, 4.69) is 0 Å². The van der Waals surface area contributed by atoms with E-state index < -0.39 is 0 Å². The number of rotatable bonds is 6. The number of anilines is 2. The fourth-order valence-electron chi connectivity index (χ4n) is 5.46. The average Bonchev–Trinajstić information content (AvgIpc) is 3.42. The van der Waals surface area contributed by atoms with Crippen LogP contribution in [0.2, 0.25) is 0 Å². The molecule has 1 aliphatic heterocycles. The van der Waals surface area contributed by atoms with Gasteiger partial charge in [0.1, 0.15) is 0 Å². The standard InChI is InChI=1S/C34H30N4O3/c1-24-20-31(34(41)37(27-14-4-2-5-15-27)28-16-6-3-7-17-28)35-38(24)32-19-11-10-18-30(32)33(40)36-22-26-13-9-8-12-25(26)21-29(36)23-39/h2-20,29,39H,21-23H2,1H3/t29-/m0/s1. The van der Waals surface area contributed by atoms with Crippen LogP contribution in [0.4, 0.5) is 11.4 Å². The molecule has 2 amide bonds. The van der Waals surface area contributed by atoms with Gasteiger partial charge in [0.05, 0.1) is 23.9 Å². The van der Waals surface area contributed by atoms with Gasteiger partial charge in [0.2, 0.25) is 0 Å². The van der Waals surface area contributed by atoms with Crippen LogP contribution < -0.4 is 4.90 Å². The average molecular weight is 543 g/mol. The molecule has 0 spiro atoms. The summed E-state index contributed by atoms with van der Waals surface area (Å²) in [6.07, 6.45) is 0.592. The predicted octanol–water partition coefficient (Wildman–Crippen LogP) is 5.72. The Bertz CT molecular complexity index is 1660. The summed E-state index contributed by atoms with van der Waals surface area (Å²) in [5, 5.41) is 14.9. The van der Waals surface area contributed by atoms with Crippen molar-refractivity contribution < 1.29 is 14.7 Å². The number of fused-ring (bicyclic) bond motifs is 1. The van der Waals surface area contributed by atoms with Crippen LogP contribution in [0.25, 0.3) is 5.69 Å². The summed E-state index contributed by atoms with van der Waals surface area (Å²) in [6, 6.07) is 35.6. The van der Waals surface area contributed by atoms with E-state index in [1.54, 1.807) is 26.6 Å². The number of benzene rings is 4. The number of aliphatic hydroxyl groups is 1. The Morgan fingerprint density at radius 3 is 2.07 bits per heavy atom. The Morgan fingerprint density at radius 1 is 0.829 bits per heavy atom. The van der Waals surface area contributed by atoms with E-state index in [9.17, 15) is 14.7 Å². The van der Waals surface area contributed by atoms with Gasteiger partial charge in [0.25, 0.3) is 11.8 Å². The third-order valence-corrected chi connectivity index (χ3v) is 7.53. The number of carbonyl (C=O) groups excluding carboxylic acids is 2. The van der Waals surface area contributed by atoms with Crippen LogP contribution in [0.15, 0.2) is 115 Å². The number of amides is 2. The number of carbonyl (C=O) groups is 2. The molecule has 4 aromatic carbocycles. The summed E-state index contributed by atoms with van der Waals surface area (Å²) in [7, 11) is 0. The van der Waals surface area contributed by atoms with Crippen LogP contribution in [0, 0.1) is 6.92 Å². The fourth-order valence-corrected chi connectivity index (χ4v) is 5.46. The number of nitrogens with zero attached hydrogens (tertiary/aromatic N) is 4. The van der Waals surface area contributed by atoms with Crippen molar-refractivity contribution in [1.29, 1.82) is 0 Å². The van der Waals surface area contributed by atoms with Gasteiger partial charge in [-0.05, 0) is 66.9 Å². The third-order valence-electron chi connectivity index (χ3n) is 7.53. The summed E-state index contributed by atoms with van der Waals surface area (Å²) in [6.45, 7) is 2.16. The zero-order chi connectivity index (χ0) is 28.3. The fraction of sp³-hybridized carbons (Fsp3) is 0.147. The largest absolute Gasteiger partial charge is 0.394 e. The zero-order valence-electron chi connectivity index (χ0n) is 22.7. The molecule has 0 bridgehead atoms. The third kappa shape index (κ3) is 5.03. The minimum absolute atomic E-state index is 0.128. The molecule has 0 fully saturated rings. The number of hydrogen-bond donors (Lipinski definition) is 1. The first kappa shape index (κ1) is 26.2. The first-order chi connectivity index (χ1) is 20.0. The Hall–Kier alpha value is -5.01. The van der Waals surface area contributed by atoms with Crippen molar-refractivity contribution in [3.8, 4) is 5.69 Å². The molecular weight excluding hydrogens is 512 g/mol. The zero-order valence-corrected chi connectivity index (χ0v) is 22.7. The summed E-state index contributed by atoms with van der Waals surface area (Å²) in [4.78, 5) is 31.3. The highest BCUT2D eigenvalue weighted by Gasteiger charge is 2.32. The number of para-hydroxylation sites is 3. The van der Waals surface area contributed by atoms with Crippen LogP contribution in [-0.4, -0.2) is 44.3 Å². The highest BCUT2D eigenvalue weighted by Crippen LogP contribution is 2.29. The smallest absolute Gasteiger partial charge is 0.283 e. The number of hydrogen-bond acceptors (Lipinski definition) is 4. The van der Waals surface area contributed by atoms with Gasteiger partial charge in [-0.25, -0.2) is 4.68 Å². The molecule has 1 N–H and O–H groups in total. The maximum atomic E-state index is 14.0. The van der Waals surface area contributed by atoms with E-state index in [1.165, 1.54) is 0 Å². The lowest BCUT2D eigenvalue weighted by atomic mass is 9.93. The SMILES string of the molecule is Cc1cc(C(=O)N(c2ccccc2)c2ccccc2)nn1-c1ccccc1C(=O)N1Cc2ccccc2C[C@H]1CO. The number of aromatic nitrogens is 2. The van der Waals surface area contributed by atoms with Crippen LogP contribution in [0.5, 0.6) is 0 Å². The molecule has 0 aliphatic carbocycles. The molecule has 2 heterocycles. The lowest BCUT2D eigenvalue weighted by Crippen LogP contribution is -2.46. The van der Waals surface area contributed by atoms with Crippen molar-refractivity contribution in [2.24, 2.45) is 0 Å². The second-order valence-electron chi connectivity index (χ2n) is 10.2. The molecule has 0 saturated heterocycles. The monoisotopic (exact) mass is 542 g/mol. The van der Waals surface area contributed by atoms with Gasteiger partial charge in [-0.15, -0.1) is 0 Å². The van der Waals surface area contributed by atoms with Crippen LogP contribution >= 0.6 is 0 Å². The molecule has 1 aliphatic rings. The van der Waals surface area contributed by atoms with Gasteiger partial charge in [0, 0.05) is 23.6 Å². The van der Waals surface area contributed by atoms with E-state index in [0.29, 0.717) is 24.2 Å². The molecule has 204 valence electrons. The summed E-state index contributed by atoms with van der Waals surface area (Å²) in [5.41, 5.74) is 5.70. The van der Waals surface area contributed by atoms with E-state index in [-0.39, 0.29) is 30.2 Å². The highest BCUT2D eigenvalue weighted by molar-refractivity contribution is 6.10. The van der Waals surface area contributed by atoms with Crippen molar-refractivity contribution in [2.45, 2.75) is 25.9 Å². The van der Waals surface area contributed by atoms with Gasteiger partial charge in [0.15, 0.2) is 5.69 Å². The normalized spacial score (nSPS) is 14.4. The van der Waals surface area contributed by atoms with Crippen molar-refractivity contribution in [3.63, 3.8) is 0 Å². The van der Waals surface area contributed by atoms with Crippen LogP contribution in [0.1, 0.15) is 37.7 Å². The van der Waals surface area contributed by atoms with E-state index in [4.69, 9.17) is 5.10 Å². The molecule has 7 heteroatoms. The van der Waals surface area contributed by atoms with Gasteiger partial charge in [-0.2, -0.15) is 5.10 Å². The number of aliphatic hydroxyl groups excluding tert-OH is 1. The van der Waals surface area contributed by atoms with Crippen LogP contribution in [0.3, 0.4) is 0 Å². The molecular formula is C34H30N4O3. The van der Waals surface area contributed by atoms with Gasteiger partial charge in [-0.3, -0.25) is 14.5 Å². The van der Waals surface area contributed by atoms with Crippen molar-refractivity contribution in [2.75, 3.05) is 11.5 Å². The maximum absolute atomic E-state index is 14.0. The van der Waals surface area contributed by atoms with Crippen LogP contribution in [-0.2, 0) is 13.0 Å². The van der Waals surface area contributed by atoms with Gasteiger partial charge < -0.3 is 10.0 Å². The molecule has 0 saturated carbocycles. The minimum atomic E-state index is -0.327. The second kappa shape index (κ2) is 11.2. The van der Waals surface area contributed by atoms with E-state index >= 15 is 0 Å². The maximum Gasteiger partial charge on any atom is 0.283 e. The van der Waals surface area contributed by atoms with Crippen molar-refractivity contribution in [1.82, 2.24) is 14.7 Å². The molecule has 0 radical (unpaired) electrons. The Balaban J connectivity index is 1.36. The summed E-state index contributed by atoms with van der Waals surface area (Å²) in [5.74, 6) is -0.465. The Morgan fingerprint density at radius 2 is 1.41 bits per heavy atom. The molecule has 5 aromatic rings.